The molecule has 3 aromatic carbocycles. The minimum Gasteiger partial charge on any atom is -0.497 e. The second-order valence-corrected chi connectivity index (χ2v) is 10.9. The van der Waals surface area contributed by atoms with Gasteiger partial charge in [0.2, 0.25) is 0 Å². The Balaban J connectivity index is 1.70. The Morgan fingerprint density at radius 1 is 1.00 bits per heavy atom. The van der Waals surface area contributed by atoms with Crippen molar-refractivity contribution < 1.29 is 46.7 Å². The maximum absolute atomic E-state index is 13.3. The smallest absolute Gasteiger partial charge is 0.335 e. The molecule has 11 nitrogen and oxygen atoms in total. The number of ether oxygens (including phenoxy) is 6. The van der Waals surface area contributed by atoms with Crippen molar-refractivity contribution in [3.63, 3.8) is 0 Å². The topological polar surface area (TPSA) is 139 Å². The molecule has 1 atom stereocenters. The number of rotatable bonds is 13. The molecule has 0 aliphatic carbocycles. The maximum Gasteiger partial charge on any atom is 0.335 e. The summed E-state index contributed by atoms with van der Waals surface area (Å²) in [6.07, 6.45) is 2.37. The van der Waals surface area contributed by atoms with Gasteiger partial charge in [-0.15, -0.1) is 0 Å². The van der Waals surface area contributed by atoms with Crippen LogP contribution in [0.1, 0.15) is 29.6 Å². The lowest BCUT2D eigenvalue weighted by atomic mass is 10.1. The van der Waals surface area contributed by atoms with Crippen LogP contribution in [0.15, 0.2) is 59.5 Å². The highest BCUT2D eigenvalue weighted by molar-refractivity contribution is 7.92. The molecule has 0 aromatic heterocycles. The van der Waals surface area contributed by atoms with Crippen LogP contribution in [0.5, 0.6) is 28.7 Å². The van der Waals surface area contributed by atoms with Gasteiger partial charge >= 0.3 is 5.97 Å². The van der Waals surface area contributed by atoms with Crippen LogP contribution in [-0.2, 0) is 19.5 Å². The highest BCUT2D eigenvalue weighted by atomic mass is 35.5. The van der Waals surface area contributed by atoms with Crippen molar-refractivity contribution in [1.82, 2.24) is 0 Å². The SMILES string of the molecule is COc1ccc(S(=O)(=O)Nc2cc(C(=O)O)cc(OCCOC3CCCCO3)c2Oc2cc(OC)ccc2Cl)cc1. The first-order valence-corrected chi connectivity index (χ1v) is 14.5. The van der Waals surface area contributed by atoms with E-state index in [1.165, 1.54) is 50.6 Å². The van der Waals surface area contributed by atoms with Gasteiger partial charge in [-0.25, -0.2) is 13.2 Å². The second-order valence-electron chi connectivity index (χ2n) is 8.85. The summed E-state index contributed by atoms with van der Waals surface area (Å²) in [5.74, 6) is -0.464. The molecule has 0 spiro atoms. The number of carboxylic acids is 1. The van der Waals surface area contributed by atoms with Crippen LogP contribution in [-0.4, -0.2) is 59.8 Å². The third-order valence-corrected chi connectivity index (χ3v) is 7.74. The monoisotopic (exact) mass is 607 g/mol. The fraction of sp³-hybridized carbons (Fsp3) is 0.321. The van der Waals surface area contributed by atoms with Gasteiger partial charge in [0.25, 0.3) is 10.0 Å². The highest BCUT2D eigenvalue weighted by Gasteiger charge is 2.24. The Hall–Kier alpha value is -3.71. The number of hydrogen-bond donors (Lipinski definition) is 2. The molecule has 1 fully saturated rings. The lowest BCUT2D eigenvalue weighted by Gasteiger charge is -2.23. The largest absolute Gasteiger partial charge is 0.497 e. The Morgan fingerprint density at radius 3 is 2.39 bits per heavy atom. The first-order valence-electron chi connectivity index (χ1n) is 12.7. The second kappa shape index (κ2) is 13.8. The molecule has 0 amide bonds. The number of benzene rings is 3. The lowest BCUT2D eigenvalue weighted by molar-refractivity contribution is -0.165. The van der Waals surface area contributed by atoms with E-state index >= 15 is 0 Å². The fourth-order valence-corrected chi connectivity index (χ4v) is 5.15. The number of aromatic carboxylic acids is 1. The summed E-state index contributed by atoms with van der Waals surface area (Å²) < 4.78 is 62.7. The van der Waals surface area contributed by atoms with E-state index in [9.17, 15) is 18.3 Å². The molecule has 1 aliphatic heterocycles. The number of carboxylic acid groups (broad SMARTS) is 1. The molecule has 2 N–H and O–H groups in total. The van der Waals surface area contributed by atoms with Crippen molar-refractivity contribution in [2.75, 3.05) is 38.8 Å². The Morgan fingerprint density at radius 2 is 1.73 bits per heavy atom. The fourth-order valence-electron chi connectivity index (χ4n) is 3.95. The first kappa shape index (κ1) is 30.3. The third-order valence-electron chi connectivity index (χ3n) is 6.05. The number of sulfonamides is 1. The quantitative estimate of drug-likeness (QED) is 0.237. The zero-order valence-corrected chi connectivity index (χ0v) is 24.0. The molecule has 0 bridgehead atoms. The van der Waals surface area contributed by atoms with Crippen molar-refractivity contribution >= 4 is 33.3 Å². The third kappa shape index (κ3) is 7.94. The molecule has 0 radical (unpaired) electrons. The van der Waals surface area contributed by atoms with Crippen molar-refractivity contribution in [3.05, 3.63) is 65.2 Å². The van der Waals surface area contributed by atoms with E-state index in [0.717, 1.165) is 25.3 Å². The molecule has 4 rings (SSSR count). The first-order chi connectivity index (χ1) is 19.7. The van der Waals surface area contributed by atoms with Crippen LogP contribution in [0, 0.1) is 0 Å². The predicted molar refractivity (Wildman–Crippen MR) is 150 cm³/mol. The molecule has 41 heavy (non-hydrogen) atoms. The van der Waals surface area contributed by atoms with Gasteiger partial charge in [0.05, 0.1) is 42.0 Å². The molecule has 220 valence electrons. The zero-order valence-electron chi connectivity index (χ0n) is 22.4. The Kier molecular flexibility index (Phi) is 10.2. The predicted octanol–water partition coefficient (Wildman–Crippen LogP) is 5.57. The van der Waals surface area contributed by atoms with Crippen LogP contribution in [0.4, 0.5) is 5.69 Å². The maximum atomic E-state index is 13.3. The molecule has 1 heterocycles. The van der Waals surface area contributed by atoms with E-state index in [4.69, 9.17) is 40.0 Å². The minimum atomic E-state index is -4.21. The number of methoxy groups -OCH3 is 2. The van der Waals surface area contributed by atoms with Crippen molar-refractivity contribution in [1.29, 1.82) is 0 Å². The summed E-state index contributed by atoms with van der Waals surface area (Å²) in [7, 11) is -1.28. The van der Waals surface area contributed by atoms with E-state index in [-0.39, 0.29) is 57.9 Å². The summed E-state index contributed by atoms with van der Waals surface area (Å²) in [6.45, 7) is 0.743. The molecule has 13 heteroatoms. The summed E-state index contributed by atoms with van der Waals surface area (Å²) in [6, 6.07) is 12.7. The molecular weight excluding hydrogens is 578 g/mol. The Bertz CT molecular complexity index is 1460. The standard InChI is InChI=1S/C28H30ClNO10S/c1-35-19-6-9-21(10-7-19)41(33,34)30-23-15-18(28(31)32)16-25(37-13-14-39-26-5-3-4-12-38-26)27(23)40-24-17-20(36-2)8-11-22(24)29/h6-11,15-17,26,30H,3-5,12-14H2,1-2H3,(H,31,32). The summed E-state index contributed by atoms with van der Waals surface area (Å²) in [5, 5.41) is 9.97. The van der Waals surface area contributed by atoms with Gasteiger partial charge in [0, 0.05) is 12.7 Å². The van der Waals surface area contributed by atoms with Crippen LogP contribution in [0.3, 0.4) is 0 Å². The van der Waals surface area contributed by atoms with Gasteiger partial charge in [-0.3, -0.25) is 4.72 Å². The van der Waals surface area contributed by atoms with Gasteiger partial charge in [0.1, 0.15) is 23.9 Å². The van der Waals surface area contributed by atoms with E-state index in [1.54, 1.807) is 12.1 Å². The van der Waals surface area contributed by atoms with Crippen molar-refractivity contribution in [3.8, 4) is 28.7 Å². The normalized spacial score (nSPS) is 15.1. The van der Waals surface area contributed by atoms with Crippen molar-refractivity contribution in [2.24, 2.45) is 0 Å². The summed E-state index contributed by atoms with van der Waals surface area (Å²) in [4.78, 5) is 11.9. The molecule has 3 aromatic rings. The van der Waals surface area contributed by atoms with Crippen LogP contribution in [0.25, 0.3) is 0 Å². The van der Waals surface area contributed by atoms with E-state index in [1.807, 2.05) is 0 Å². The number of nitrogens with one attached hydrogen (secondary N) is 1. The summed E-state index contributed by atoms with van der Waals surface area (Å²) in [5.41, 5.74) is -0.431. The summed E-state index contributed by atoms with van der Waals surface area (Å²) >= 11 is 6.36. The zero-order chi connectivity index (χ0) is 29.4. The van der Waals surface area contributed by atoms with Crippen molar-refractivity contribution in [2.45, 2.75) is 30.4 Å². The highest BCUT2D eigenvalue weighted by Crippen LogP contribution is 2.43. The van der Waals surface area contributed by atoms with E-state index in [2.05, 4.69) is 4.72 Å². The lowest BCUT2D eigenvalue weighted by Crippen LogP contribution is -2.24. The van der Waals surface area contributed by atoms with Crippen LogP contribution >= 0.6 is 11.6 Å². The van der Waals surface area contributed by atoms with Gasteiger partial charge in [0.15, 0.2) is 17.8 Å². The van der Waals surface area contributed by atoms with Crippen LogP contribution in [0.2, 0.25) is 5.02 Å². The number of carbonyl (C=O) groups is 1. The molecule has 1 saturated heterocycles. The molecule has 1 unspecified atom stereocenters. The van der Waals surface area contributed by atoms with Gasteiger partial charge in [-0.05, 0) is 67.8 Å². The van der Waals surface area contributed by atoms with Crippen LogP contribution < -0.4 is 23.7 Å². The van der Waals surface area contributed by atoms with E-state index in [0.29, 0.717) is 18.1 Å². The molecule has 1 aliphatic rings. The number of hydrogen-bond acceptors (Lipinski definition) is 9. The average molecular weight is 608 g/mol. The number of anilines is 1. The minimum absolute atomic E-state index is 0.00416. The molecule has 0 saturated carbocycles. The molecular formula is C28H30ClNO10S. The van der Waals surface area contributed by atoms with Gasteiger partial charge in [-0.2, -0.15) is 0 Å². The Labute approximate surface area is 242 Å². The van der Waals surface area contributed by atoms with E-state index < -0.39 is 16.0 Å². The number of halogens is 1. The van der Waals surface area contributed by atoms with Gasteiger partial charge < -0.3 is 33.5 Å². The average Bonchev–Trinajstić information content (AvgIpc) is 2.97. The van der Waals surface area contributed by atoms with Gasteiger partial charge in [-0.1, -0.05) is 11.6 Å².